The number of ether oxygens (including phenoxy) is 2. The van der Waals surface area contributed by atoms with Gasteiger partial charge in [-0.3, -0.25) is 19.2 Å². The molecule has 0 saturated carbocycles. The fraction of sp³-hybridized carbons (Fsp3) is 0.243. The van der Waals surface area contributed by atoms with E-state index in [-0.39, 0.29) is 42.5 Å². The number of rotatable bonds is 5. The topological polar surface area (TPSA) is 93.2 Å². The van der Waals surface area contributed by atoms with Crippen LogP contribution in [0.15, 0.2) is 91.0 Å². The molecule has 2 bridgehead atoms. The van der Waals surface area contributed by atoms with E-state index in [2.05, 4.69) is 24.3 Å². The van der Waals surface area contributed by atoms with E-state index in [0.29, 0.717) is 28.4 Å². The van der Waals surface area contributed by atoms with Gasteiger partial charge in [-0.2, -0.15) is 0 Å². The average Bonchev–Trinajstić information content (AvgIpc) is 3.58. The molecule has 8 nitrogen and oxygen atoms in total. The zero-order chi connectivity index (χ0) is 31.0. The molecule has 3 aliphatic carbocycles. The van der Waals surface area contributed by atoms with Crippen LogP contribution < -0.4 is 19.3 Å². The molecule has 0 aromatic heterocycles. The van der Waals surface area contributed by atoms with Gasteiger partial charge in [-0.25, -0.2) is 4.90 Å². The first-order valence-electron chi connectivity index (χ1n) is 15.2. The Balaban J connectivity index is 1.04. The van der Waals surface area contributed by atoms with Crippen molar-refractivity contribution in [2.45, 2.75) is 25.2 Å². The van der Waals surface area contributed by atoms with Crippen LogP contribution in [0.1, 0.15) is 46.1 Å². The van der Waals surface area contributed by atoms with Gasteiger partial charge in [0.05, 0.1) is 36.2 Å². The van der Waals surface area contributed by atoms with Crippen molar-refractivity contribution in [2.24, 2.45) is 17.8 Å². The van der Waals surface area contributed by atoms with Gasteiger partial charge in [0.2, 0.25) is 17.7 Å². The van der Waals surface area contributed by atoms with Gasteiger partial charge in [-0.05, 0) is 65.1 Å². The molecule has 2 aliphatic heterocycles. The minimum Gasteiger partial charge on any atom is -0.495 e. The molecule has 0 radical (unpaired) electrons. The van der Waals surface area contributed by atoms with Crippen molar-refractivity contribution in [3.8, 4) is 11.5 Å². The van der Waals surface area contributed by atoms with Crippen LogP contribution in [0.4, 0.5) is 11.4 Å². The quantitative estimate of drug-likeness (QED) is 0.175. The minimum absolute atomic E-state index is 0.0284. The highest BCUT2D eigenvalue weighted by molar-refractivity contribution is 6.23. The molecule has 0 spiro atoms. The van der Waals surface area contributed by atoms with Crippen LogP contribution in [0.2, 0.25) is 0 Å². The van der Waals surface area contributed by atoms with E-state index < -0.39 is 23.7 Å². The number of amides is 3. The van der Waals surface area contributed by atoms with Crippen LogP contribution in [0, 0.1) is 24.7 Å². The zero-order valence-electron chi connectivity index (χ0n) is 24.8. The molecular formula is C37H30N2O6. The number of benzene rings is 4. The van der Waals surface area contributed by atoms with Crippen LogP contribution in [0.25, 0.3) is 0 Å². The monoisotopic (exact) mass is 598 g/mol. The molecule has 8 heteroatoms. The number of aryl methyl sites for hydroxylation is 1. The van der Waals surface area contributed by atoms with Crippen LogP contribution >= 0.6 is 0 Å². The molecule has 45 heavy (non-hydrogen) atoms. The summed E-state index contributed by atoms with van der Waals surface area (Å²) in [5.74, 6) is -2.21. The lowest BCUT2D eigenvalue weighted by molar-refractivity contribution is -0.139. The summed E-state index contributed by atoms with van der Waals surface area (Å²) in [5, 5.41) is 0. The van der Waals surface area contributed by atoms with Crippen molar-refractivity contribution in [3.63, 3.8) is 0 Å². The molecule has 5 aliphatic rings. The smallest absolute Gasteiger partial charge is 0.316 e. The molecule has 2 saturated heterocycles. The molecule has 2 fully saturated rings. The molecule has 0 unspecified atom stereocenters. The van der Waals surface area contributed by atoms with E-state index in [1.165, 1.54) is 12.0 Å². The summed E-state index contributed by atoms with van der Waals surface area (Å²) in [4.78, 5) is 57.2. The lowest BCUT2D eigenvalue weighted by Gasteiger charge is -2.45. The number of hydrogen-bond donors (Lipinski definition) is 0. The Morgan fingerprint density at radius 2 is 1.29 bits per heavy atom. The third-order valence-corrected chi connectivity index (χ3v) is 9.91. The predicted molar refractivity (Wildman–Crippen MR) is 166 cm³/mol. The highest BCUT2D eigenvalue weighted by Crippen LogP contribution is 2.61. The second kappa shape index (κ2) is 10.2. The third kappa shape index (κ3) is 3.98. The molecule has 0 N–H and O–H groups in total. The summed E-state index contributed by atoms with van der Waals surface area (Å²) >= 11 is 0. The van der Waals surface area contributed by atoms with Crippen molar-refractivity contribution < 1.29 is 28.7 Å². The second-order valence-electron chi connectivity index (χ2n) is 12.2. The molecule has 3 atom stereocenters. The van der Waals surface area contributed by atoms with Gasteiger partial charge >= 0.3 is 5.97 Å². The number of esters is 1. The lowest BCUT2D eigenvalue weighted by Crippen LogP contribution is -2.41. The second-order valence-corrected chi connectivity index (χ2v) is 12.2. The number of carbonyl (C=O) groups is 4. The van der Waals surface area contributed by atoms with Gasteiger partial charge in [-0.15, -0.1) is 0 Å². The Morgan fingerprint density at radius 3 is 1.84 bits per heavy atom. The highest BCUT2D eigenvalue weighted by atomic mass is 16.5. The number of methoxy groups -OCH3 is 1. The van der Waals surface area contributed by atoms with E-state index >= 15 is 0 Å². The summed E-state index contributed by atoms with van der Waals surface area (Å²) in [6.07, 6.45) is 0.0284. The molecule has 9 rings (SSSR count). The number of hydrogen-bond acceptors (Lipinski definition) is 6. The number of nitrogens with zero attached hydrogens (tertiary/aromatic N) is 2. The van der Waals surface area contributed by atoms with Gasteiger partial charge in [0, 0.05) is 24.8 Å². The molecule has 2 heterocycles. The van der Waals surface area contributed by atoms with Gasteiger partial charge in [0.15, 0.2) is 0 Å². The molecule has 4 aromatic carbocycles. The van der Waals surface area contributed by atoms with Crippen LogP contribution in [0.3, 0.4) is 0 Å². The van der Waals surface area contributed by atoms with Crippen LogP contribution in [-0.2, 0) is 19.2 Å². The Bertz CT molecular complexity index is 1820. The highest BCUT2D eigenvalue weighted by Gasteiger charge is 2.61. The van der Waals surface area contributed by atoms with E-state index in [4.69, 9.17) is 9.47 Å². The van der Waals surface area contributed by atoms with E-state index in [1.54, 1.807) is 42.2 Å². The Morgan fingerprint density at radius 1 is 0.733 bits per heavy atom. The maximum Gasteiger partial charge on any atom is 0.316 e. The van der Waals surface area contributed by atoms with Crippen molar-refractivity contribution in [2.75, 3.05) is 23.5 Å². The first kappa shape index (κ1) is 27.3. The van der Waals surface area contributed by atoms with Crippen molar-refractivity contribution in [1.82, 2.24) is 0 Å². The van der Waals surface area contributed by atoms with E-state index in [9.17, 15) is 19.2 Å². The number of imide groups is 1. The number of anilines is 2. The summed E-state index contributed by atoms with van der Waals surface area (Å²) in [6, 6.07) is 28.5. The summed E-state index contributed by atoms with van der Waals surface area (Å²) in [5.41, 5.74) is 6.24. The first-order chi connectivity index (χ1) is 21.9. The van der Waals surface area contributed by atoms with Crippen molar-refractivity contribution >= 4 is 35.1 Å². The maximum atomic E-state index is 14.1. The Hall–Kier alpha value is -5.24. The van der Waals surface area contributed by atoms with E-state index in [0.717, 1.165) is 22.3 Å². The van der Waals surface area contributed by atoms with Crippen LogP contribution in [0.5, 0.6) is 11.5 Å². The Labute approximate surface area is 260 Å². The number of para-hydroxylation sites is 2. The van der Waals surface area contributed by atoms with Gasteiger partial charge in [-0.1, -0.05) is 60.7 Å². The molecular weight excluding hydrogens is 568 g/mol. The Kier molecular flexibility index (Phi) is 6.17. The van der Waals surface area contributed by atoms with E-state index in [1.807, 2.05) is 36.4 Å². The van der Waals surface area contributed by atoms with Gasteiger partial charge in [0.1, 0.15) is 11.5 Å². The summed E-state index contributed by atoms with van der Waals surface area (Å²) in [7, 11) is 1.54. The largest absolute Gasteiger partial charge is 0.495 e. The molecule has 4 aromatic rings. The molecule has 224 valence electrons. The average molecular weight is 599 g/mol. The summed E-state index contributed by atoms with van der Waals surface area (Å²) < 4.78 is 11.1. The fourth-order valence-corrected chi connectivity index (χ4v) is 8.01. The first-order valence-corrected chi connectivity index (χ1v) is 15.2. The normalized spacial score (nSPS) is 24.4. The van der Waals surface area contributed by atoms with Crippen molar-refractivity contribution in [1.29, 1.82) is 0 Å². The van der Waals surface area contributed by atoms with Crippen LogP contribution in [-0.4, -0.2) is 37.3 Å². The van der Waals surface area contributed by atoms with Gasteiger partial charge in [0.25, 0.3) is 0 Å². The zero-order valence-corrected chi connectivity index (χ0v) is 24.8. The molecule has 3 amide bonds. The standard InChI is InChI=1S/C37H30N2O6/c1-20-17-22(45-37(43)21-18-30(40)38(19-21)28-13-7-8-14-29(28)44-2)15-16-27(20)39-35(41)33-31-23-9-3-4-10-24(23)32(34(33)36(39)42)26-12-6-5-11-25(26)31/h3-17,21,31-34H,18-19H2,1-2H3/t21-,31?,32?,33-,34+/m1/s1. The van der Waals surface area contributed by atoms with Crippen molar-refractivity contribution in [3.05, 3.63) is 119 Å². The maximum absolute atomic E-state index is 14.1. The summed E-state index contributed by atoms with van der Waals surface area (Å²) in [6.45, 7) is 1.98. The number of carbonyl (C=O) groups excluding carboxylic acids is 4. The lowest BCUT2D eigenvalue weighted by atomic mass is 9.55. The fourth-order valence-electron chi connectivity index (χ4n) is 8.01. The minimum atomic E-state index is -0.647. The third-order valence-electron chi connectivity index (χ3n) is 9.91. The van der Waals surface area contributed by atoms with Gasteiger partial charge < -0.3 is 14.4 Å². The SMILES string of the molecule is COc1ccccc1N1C[C@H](C(=O)Oc2ccc(N3C(=O)[C@@H]4C5c6ccccc6C(c6ccccc65)[C@@H]4C3=O)c(C)c2)CC1=O. The predicted octanol–water partition coefficient (Wildman–Crippen LogP) is 5.36.